The maximum Gasteiger partial charge on any atom is 0.250 e. The zero-order chi connectivity index (χ0) is 13.3. The minimum Gasteiger partial charge on any atom is -0.344 e. The summed E-state index contributed by atoms with van der Waals surface area (Å²) >= 11 is 1.28. The van der Waals surface area contributed by atoms with E-state index in [-0.39, 0.29) is 18.4 Å². The lowest BCUT2D eigenvalue weighted by molar-refractivity contribution is -0.126. The molecule has 0 radical (unpaired) electrons. The number of aryl methyl sites for hydroxylation is 1. The van der Waals surface area contributed by atoms with Crippen molar-refractivity contribution in [2.45, 2.75) is 30.0 Å². The Morgan fingerprint density at radius 1 is 1.50 bits per heavy atom. The first-order valence-corrected chi connectivity index (χ1v) is 8.07. The highest BCUT2D eigenvalue weighted by Gasteiger charge is 2.31. The van der Waals surface area contributed by atoms with Gasteiger partial charge >= 0.3 is 0 Å². The number of thiophene rings is 1. The molecular weight excluding hydrogens is 272 g/mol. The molecule has 18 heavy (non-hydrogen) atoms. The first kappa shape index (κ1) is 13.5. The van der Waals surface area contributed by atoms with Gasteiger partial charge in [0.25, 0.3) is 0 Å². The fourth-order valence-corrected chi connectivity index (χ4v) is 4.45. The summed E-state index contributed by atoms with van der Waals surface area (Å²) in [6.45, 7) is 2.42. The molecule has 1 N–H and O–H groups in total. The van der Waals surface area contributed by atoms with Crippen molar-refractivity contribution in [2.24, 2.45) is 0 Å². The Labute approximate surface area is 111 Å². The molecule has 0 spiro atoms. The van der Waals surface area contributed by atoms with Crippen molar-refractivity contribution in [3.05, 3.63) is 17.0 Å². The number of rotatable bonds is 4. The summed E-state index contributed by atoms with van der Waals surface area (Å²) in [5.74, 6) is -0.0249. The summed E-state index contributed by atoms with van der Waals surface area (Å²) in [5.41, 5.74) is 0. The van der Waals surface area contributed by atoms with Crippen LogP contribution in [0, 0.1) is 0 Å². The number of carbonyl (C=O) groups is 1. The van der Waals surface area contributed by atoms with Crippen molar-refractivity contribution in [3.63, 3.8) is 0 Å². The van der Waals surface area contributed by atoms with Crippen molar-refractivity contribution in [3.8, 4) is 0 Å². The van der Waals surface area contributed by atoms with Crippen LogP contribution in [-0.4, -0.2) is 38.9 Å². The summed E-state index contributed by atoms with van der Waals surface area (Å²) in [6, 6.07) is 3.12. The summed E-state index contributed by atoms with van der Waals surface area (Å²) in [4.78, 5) is 13.9. The molecule has 1 aliphatic heterocycles. The Balaban J connectivity index is 2.10. The average Bonchev–Trinajstić information content (AvgIpc) is 2.86. The first-order chi connectivity index (χ1) is 8.42. The molecule has 1 unspecified atom stereocenters. The van der Waals surface area contributed by atoms with Gasteiger partial charge < -0.3 is 4.90 Å². The van der Waals surface area contributed by atoms with Gasteiger partial charge in [0.2, 0.25) is 15.9 Å². The van der Waals surface area contributed by atoms with E-state index >= 15 is 0 Å². The predicted molar refractivity (Wildman–Crippen MR) is 70.1 cm³/mol. The highest BCUT2D eigenvalue weighted by Crippen LogP contribution is 2.23. The van der Waals surface area contributed by atoms with E-state index in [2.05, 4.69) is 4.72 Å². The normalized spacial score (nSPS) is 20.7. The van der Waals surface area contributed by atoms with E-state index in [1.54, 1.807) is 18.0 Å². The summed E-state index contributed by atoms with van der Waals surface area (Å²) in [6.07, 6.45) is 1.06. The fraction of sp³-hybridized carbons (Fsp3) is 0.545. The molecule has 1 aliphatic rings. The number of carbonyl (C=O) groups excluding carboxylic acids is 1. The van der Waals surface area contributed by atoms with Crippen molar-refractivity contribution in [2.75, 3.05) is 13.6 Å². The Morgan fingerprint density at radius 3 is 2.72 bits per heavy atom. The van der Waals surface area contributed by atoms with Crippen LogP contribution in [0.3, 0.4) is 0 Å². The average molecular weight is 288 g/mol. The van der Waals surface area contributed by atoms with Gasteiger partial charge in [-0.15, -0.1) is 11.3 Å². The highest BCUT2D eigenvalue weighted by molar-refractivity contribution is 7.91. The van der Waals surface area contributed by atoms with Gasteiger partial charge in [0.15, 0.2) is 0 Å². The zero-order valence-electron chi connectivity index (χ0n) is 10.3. The molecule has 0 bridgehead atoms. The van der Waals surface area contributed by atoms with Crippen LogP contribution in [0.1, 0.15) is 18.2 Å². The minimum atomic E-state index is -3.49. The van der Waals surface area contributed by atoms with Gasteiger partial charge in [-0.2, -0.15) is 0 Å². The molecule has 1 saturated heterocycles. The van der Waals surface area contributed by atoms with E-state index in [9.17, 15) is 13.2 Å². The summed E-state index contributed by atoms with van der Waals surface area (Å²) in [5, 5.41) is 0. The fourth-order valence-electron chi connectivity index (χ4n) is 1.91. The Bertz CT molecular complexity index is 550. The number of hydrogen-bond acceptors (Lipinski definition) is 4. The van der Waals surface area contributed by atoms with Gasteiger partial charge in [-0.25, -0.2) is 13.1 Å². The second-order valence-electron chi connectivity index (χ2n) is 4.37. The molecule has 5 nitrogen and oxygen atoms in total. The molecule has 1 aromatic heterocycles. The van der Waals surface area contributed by atoms with E-state index in [0.717, 1.165) is 11.3 Å². The van der Waals surface area contributed by atoms with E-state index in [1.807, 2.05) is 13.0 Å². The van der Waals surface area contributed by atoms with Crippen molar-refractivity contribution >= 4 is 27.3 Å². The number of nitrogens with one attached hydrogen (secondary N) is 1. The third-order valence-electron chi connectivity index (χ3n) is 2.91. The Hall–Kier alpha value is -0.920. The molecule has 100 valence electrons. The number of sulfonamides is 1. The van der Waals surface area contributed by atoms with E-state index in [4.69, 9.17) is 0 Å². The molecule has 1 aromatic rings. The van der Waals surface area contributed by atoms with Crippen LogP contribution >= 0.6 is 11.3 Å². The van der Waals surface area contributed by atoms with Gasteiger partial charge in [0, 0.05) is 30.9 Å². The minimum absolute atomic E-state index is 0.0249. The Morgan fingerprint density at radius 2 is 2.22 bits per heavy atom. The lowest BCUT2D eigenvalue weighted by Gasteiger charge is -2.11. The molecule has 1 fully saturated rings. The van der Waals surface area contributed by atoms with Gasteiger partial charge in [-0.3, -0.25) is 4.79 Å². The molecule has 1 amide bonds. The molecule has 2 heterocycles. The molecule has 7 heteroatoms. The predicted octanol–water partition coefficient (Wildman–Crippen LogP) is 0.819. The van der Waals surface area contributed by atoms with Crippen LogP contribution in [0.5, 0.6) is 0 Å². The topological polar surface area (TPSA) is 66.5 Å². The largest absolute Gasteiger partial charge is 0.344 e. The smallest absolute Gasteiger partial charge is 0.250 e. The highest BCUT2D eigenvalue weighted by atomic mass is 32.2. The van der Waals surface area contributed by atoms with Crippen LogP contribution < -0.4 is 4.72 Å². The third kappa shape index (κ3) is 2.73. The number of likely N-dealkylation sites (N-methyl/N-ethyl adjacent to an activating group) is 1. The lowest BCUT2D eigenvalue weighted by Crippen LogP contribution is -2.36. The van der Waals surface area contributed by atoms with Crippen LogP contribution in [-0.2, 0) is 21.2 Å². The maximum atomic E-state index is 12.1. The molecule has 0 saturated carbocycles. The maximum absolute atomic E-state index is 12.1. The van der Waals surface area contributed by atoms with Crippen LogP contribution in [0.15, 0.2) is 16.3 Å². The van der Waals surface area contributed by atoms with Crippen molar-refractivity contribution < 1.29 is 13.2 Å². The monoisotopic (exact) mass is 288 g/mol. The Kier molecular flexibility index (Phi) is 3.74. The van der Waals surface area contributed by atoms with Crippen molar-refractivity contribution in [1.29, 1.82) is 0 Å². The van der Waals surface area contributed by atoms with Gasteiger partial charge in [-0.1, -0.05) is 6.92 Å². The lowest BCUT2D eigenvalue weighted by atomic mass is 10.3. The number of nitrogens with zero attached hydrogens (tertiary/aromatic N) is 1. The molecule has 0 aliphatic carbocycles. The SMILES string of the molecule is CCc1ccc(S(=O)(=O)NC2CC(=O)N(C)C2)s1. The second-order valence-corrected chi connectivity index (χ2v) is 7.48. The standard InChI is InChI=1S/C11H16N2O3S2/c1-3-9-4-5-11(17-9)18(15,16)12-8-6-10(14)13(2)7-8/h4-5,8,12H,3,6-7H2,1-2H3. The molecule has 0 aromatic carbocycles. The number of hydrogen-bond donors (Lipinski definition) is 1. The third-order valence-corrected chi connectivity index (χ3v) is 6.16. The van der Waals surface area contributed by atoms with Gasteiger partial charge in [-0.05, 0) is 18.6 Å². The van der Waals surface area contributed by atoms with E-state index in [0.29, 0.717) is 10.8 Å². The van der Waals surface area contributed by atoms with Crippen molar-refractivity contribution in [1.82, 2.24) is 9.62 Å². The van der Waals surface area contributed by atoms with E-state index < -0.39 is 10.0 Å². The van der Waals surface area contributed by atoms with Crippen LogP contribution in [0.2, 0.25) is 0 Å². The quantitative estimate of drug-likeness (QED) is 0.892. The zero-order valence-corrected chi connectivity index (χ0v) is 12.0. The van der Waals surface area contributed by atoms with Gasteiger partial charge in [0.1, 0.15) is 4.21 Å². The summed E-state index contributed by atoms with van der Waals surface area (Å²) in [7, 11) is -1.81. The first-order valence-electron chi connectivity index (χ1n) is 5.77. The van der Waals surface area contributed by atoms with E-state index in [1.165, 1.54) is 11.3 Å². The molecule has 1 atom stereocenters. The van der Waals surface area contributed by atoms with Crippen LogP contribution in [0.25, 0.3) is 0 Å². The summed E-state index contributed by atoms with van der Waals surface area (Å²) < 4.78 is 27.1. The van der Waals surface area contributed by atoms with Gasteiger partial charge in [0.05, 0.1) is 0 Å². The molecular formula is C11H16N2O3S2. The molecule has 2 rings (SSSR count). The number of likely N-dealkylation sites (tertiary alicyclic amines) is 1. The second kappa shape index (κ2) is 4.99. The number of amides is 1. The van der Waals surface area contributed by atoms with Crippen LogP contribution in [0.4, 0.5) is 0 Å².